The molecule has 0 aromatic heterocycles. The van der Waals surface area contributed by atoms with Gasteiger partial charge >= 0.3 is 12.1 Å². The Labute approximate surface area is 289 Å². The Bertz CT molecular complexity index is 1670. The second-order valence-electron chi connectivity index (χ2n) is 14.0. The highest BCUT2D eigenvalue weighted by atomic mass is 16.6. The van der Waals surface area contributed by atoms with Gasteiger partial charge in [0.1, 0.15) is 35.1 Å². The number of aromatic hydroxyl groups is 1. The van der Waals surface area contributed by atoms with Gasteiger partial charge < -0.3 is 25.2 Å². The molecule has 10 heteroatoms. The van der Waals surface area contributed by atoms with E-state index < -0.39 is 53.2 Å². The number of ether oxygens (including phenoxy) is 2. The Balaban J connectivity index is 2.10. The molecule has 0 saturated heterocycles. The molecule has 0 fully saturated rings. The van der Waals surface area contributed by atoms with Gasteiger partial charge in [-0.1, -0.05) is 72.7 Å². The summed E-state index contributed by atoms with van der Waals surface area (Å²) < 4.78 is 11.1. The SMILES string of the molecule is C#CN(C(=O)C(Cc1ccc(O)cc1)NC(=O)OC(C)(C)C)C(C(=O)NC(Cc1ccccc1)C(=O)OC(C)(C)C)c1cc(C)ccc1C. The third kappa shape index (κ3) is 11.7. The summed E-state index contributed by atoms with van der Waals surface area (Å²) in [7, 11) is 0. The number of aryl methyl sites for hydroxylation is 2. The predicted octanol–water partition coefficient (Wildman–Crippen LogP) is 5.67. The zero-order valence-electron chi connectivity index (χ0n) is 29.5. The van der Waals surface area contributed by atoms with Gasteiger partial charge in [-0.05, 0) is 89.8 Å². The van der Waals surface area contributed by atoms with Crippen molar-refractivity contribution in [1.82, 2.24) is 15.5 Å². The van der Waals surface area contributed by atoms with E-state index in [9.17, 15) is 24.3 Å². The van der Waals surface area contributed by atoms with Crippen LogP contribution in [0.5, 0.6) is 5.75 Å². The number of amides is 3. The Morgan fingerprint density at radius 3 is 1.94 bits per heavy atom. The molecule has 3 unspecified atom stereocenters. The highest BCUT2D eigenvalue weighted by Gasteiger charge is 2.39. The summed E-state index contributed by atoms with van der Waals surface area (Å²) in [5, 5.41) is 15.3. The van der Waals surface area contributed by atoms with E-state index in [1.54, 1.807) is 66.7 Å². The number of phenols is 1. The van der Waals surface area contributed by atoms with Crippen LogP contribution in [0.15, 0.2) is 72.8 Å². The van der Waals surface area contributed by atoms with Crippen molar-refractivity contribution in [2.45, 2.75) is 97.6 Å². The number of terminal acetylenes is 1. The standard InChI is InChI=1S/C39H47N3O7/c1-10-42(35(45)31(41-37(47)49-39(7,8)9)23-28-18-20-29(43)21-19-28)33(30-22-25(2)16-17-26(30)3)34(44)40-32(36(46)48-38(4,5)6)24-27-14-12-11-13-15-27/h1,11-22,31-33,43H,23-24H2,2-9H3,(H,40,44)(H,41,47). The van der Waals surface area contributed by atoms with Crippen molar-refractivity contribution in [2.24, 2.45) is 0 Å². The van der Waals surface area contributed by atoms with Crippen LogP contribution in [0, 0.1) is 26.3 Å². The Morgan fingerprint density at radius 2 is 1.37 bits per heavy atom. The lowest BCUT2D eigenvalue weighted by Crippen LogP contribution is -2.54. The molecule has 0 heterocycles. The molecule has 0 spiro atoms. The molecular formula is C39H47N3O7. The number of benzene rings is 3. The fourth-order valence-electron chi connectivity index (χ4n) is 5.07. The molecule has 49 heavy (non-hydrogen) atoms. The minimum Gasteiger partial charge on any atom is -0.508 e. The molecule has 10 nitrogen and oxygen atoms in total. The van der Waals surface area contributed by atoms with Gasteiger partial charge in [0.25, 0.3) is 5.91 Å². The molecule has 3 N–H and O–H groups in total. The number of hydrogen-bond donors (Lipinski definition) is 3. The number of alkyl carbamates (subject to hydrolysis) is 1. The topological polar surface area (TPSA) is 134 Å². The maximum Gasteiger partial charge on any atom is 0.408 e. The van der Waals surface area contributed by atoms with Crippen molar-refractivity contribution in [2.75, 3.05) is 0 Å². The van der Waals surface area contributed by atoms with Gasteiger partial charge in [0.2, 0.25) is 5.91 Å². The molecule has 0 saturated carbocycles. The van der Waals surface area contributed by atoms with E-state index in [2.05, 4.69) is 16.7 Å². The normalized spacial score (nSPS) is 13.2. The zero-order chi connectivity index (χ0) is 36.5. The Kier molecular flexibility index (Phi) is 12.6. The van der Waals surface area contributed by atoms with E-state index in [1.807, 2.05) is 49.4 Å². The van der Waals surface area contributed by atoms with E-state index in [0.717, 1.165) is 16.0 Å². The Morgan fingerprint density at radius 1 is 0.796 bits per heavy atom. The highest BCUT2D eigenvalue weighted by Crippen LogP contribution is 2.27. The molecule has 260 valence electrons. The lowest BCUT2D eigenvalue weighted by molar-refractivity contribution is -0.159. The minimum atomic E-state index is -1.40. The molecule has 3 rings (SSSR count). The molecule has 0 aliphatic carbocycles. The number of carbonyl (C=O) groups excluding carboxylic acids is 4. The van der Waals surface area contributed by atoms with E-state index in [4.69, 9.17) is 15.9 Å². The van der Waals surface area contributed by atoms with Crippen LogP contribution in [-0.4, -0.2) is 57.2 Å². The summed E-state index contributed by atoms with van der Waals surface area (Å²) in [6.45, 7) is 13.9. The number of nitrogens with one attached hydrogen (secondary N) is 2. The van der Waals surface area contributed by atoms with Crippen LogP contribution in [0.1, 0.15) is 75.4 Å². The van der Waals surface area contributed by atoms with Crippen molar-refractivity contribution in [3.8, 4) is 18.2 Å². The number of hydrogen-bond acceptors (Lipinski definition) is 7. The average Bonchev–Trinajstić information content (AvgIpc) is 3.00. The number of nitrogens with zero attached hydrogens (tertiary/aromatic N) is 1. The van der Waals surface area contributed by atoms with Crippen LogP contribution < -0.4 is 10.6 Å². The average molecular weight is 670 g/mol. The van der Waals surface area contributed by atoms with Crippen LogP contribution in [0.25, 0.3) is 0 Å². The zero-order valence-corrected chi connectivity index (χ0v) is 29.5. The lowest BCUT2D eigenvalue weighted by atomic mass is 9.95. The first-order chi connectivity index (χ1) is 22.9. The van der Waals surface area contributed by atoms with Crippen LogP contribution in [0.3, 0.4) is 0 Å². The molecule has 3 aromatic rings. The van der Waals surface area contributed by atoms with Crippen molar-refractivity contribution in [1.29, 1.82) is 0 Å². The third-order valence-electron chi connectivity index (χ3n) is 7.27. The van der Waals surface area contributed by atoms with Crippen LogP contribution >= 0.6 is 0 Å². The van der Waals surface area contributed by atoms with Gasteiger partial charge in [-0.2, -0.15) is 0 Å². The fraction of sp³-hybridized carbons (Fsp3) is 0.385. The number of phenolic OH excluding ortho intramolecular Hbond substituents is 1. The summed E-state index contributed by atoms with van der Waals surface area (Å²) in [5.74, 6) is -2.11. The quantitative estimate of drug-likeness (QED) is 0.136. The summed E-state index contributed by atoms with van der Waals surface area (Å²) in [4.78, 5) is 56.3. The number of carbonyl (C=O) groups is 4. The van der Waals surface area contributed by atoms with Crippen molar-refractivity contribution >= 4 is 23.9 Å². The van der Waals surface area contributed by atoms with Crippen LogP contribution in [-0.2, 0) is 36.7 Å². The first-order valence-electron chi connectivity index (χ1n) is 16.1. The van der Waals surface area contributed by atoms with Gasteiger partial charge in [0, 0.05) is 18.9 Å². The number of rotatable bonds is 11. The first kappa shape index (κ1) is 38.2. The predicted molar refractivity (Wildman–Crippen MR) is 187 cm³/mol. The maximum absolute atomic E-state index is 14.5. The largest absolute Gasteiger partial charge is 0.508 e. The monoisotopic (exact) mass is 669 g/mol. The van der Waals surface area contributed by atoms with E-state index >= 15 is 0 Å². The number of esters is 1. The molecule has 3 atom stereocenters. The molecule has 3 aromatic carbocycles. The van der Waals surface area contributed by atoms with Crippen molar-refractivity contribution < 1.29 is 33.8 Å². The summed E-state index contributed by atoms with van der Waals surface area (Å²) in [6.07, 6.45) is 5.25. The second kappa shape index (κ2) is 16.2. The smallest absolute Gasteiger partial charge is 0.408 e. The molecule has 0 aliphatic rings. The fourth-order valence-corrected chi connectivity index (χ4v) is 5.07. The summed E-state index contributed by atoms with van der Waals surface area (Å²) in [5.41, 5.74) is 1.60. The lowest BCUT2D eigenvalue weighted by Gasteiger charge is -2.32. The maximum atomic E-state index is 14.5. The van der Waals surface area contributed by atoms with Gasteiger partial charge in [0.05, 0.1) is 0 Å². The molecule has 0 bridgehead atoms. The van der Waals surface area contributed by atoms with Crippen molar-refractivity contribution in [3.05, 3.63) is 101 Å². The van der Waals surface area contributed by atoms with E-state index in [0.29, 0.717) is 16.7 Å². The van der Waals surface area contributed by atoms with E-state index in [1.165, 1.54) is 12.1 Å². The molecule has 3 amide bonds. The highest BCUT2D eigenvalue weighted by molar-refractivity contribution is 5.95. The third-order valence-corrected chi connectivity index (χ3v) is 7.27. The van der Waals surface area contributed by atoms with Crippen LogP contribution in [0.4, 0.5) is 4.79 Å². The van der Waals surface area contributed by atoms with Crippen LogP contribution in [0.2, 0.25) is 0 Å². The molecule has 0 aliphatic heterocycles. The van der Waals surface area contributed by atoms with Gasteiger partial charge in [0.15, 0.2) is 0 Å². The first-order valence-corrected chi connectivity index (χ1v) is 16.1. The minimum absolute atomic E-state index is 0.0266. The van der Waals surface area contributed by atoms with Gasteiger partial charge in [-0.25, -0.2) is 9.59 Å². The Hall–Kier alpha value is -5.30. The van der Waals surface area contributed by atoms with Gasteiger partial charge in [-0.15, -0.1) is 0 Å². The molecule has 0 radical (unpaired) electrons. The summed E-state index contributed by atoms with van der Waals surface area (Å²) >= 11 is 0. The summed E-state index contributed by atoms with van der Waals surface area (Å²) in [6, 6.07) is 19.3. The van der Waals surface area contributed by atoms with E-state index in [-0.39, 0.29) is 18.6 Å². The molecular weight excluding hydrogens is 622 g/mol. The van der Waals surface area contributed by atoms with Gasteiger partial charge in [-0.3, -0.25) is 14.5 Å². The second-order valence-corrected chi connectivity index (χ2v) is 14.0. The van der Waals surface area contributed by atoms with Crippen molar-refractivity contribution in [3.63, 3.8) is 0 Å².